The first-order valence-electron chi connectivity index (χ1n) is 7.96. The van der Waals surface area contributed by atoms with Gasteiger partial charge in [-0.3, -0.25) is 0 Å². The maximum atomic E-state index is 12.2. The van der Waals surface area contributed by atoms with Crippen molar-refractivity contribution in [1.82, 2.24) is 15.1 Å². The largest absolute Gasteiger partial charge is 0.325 e. The van der Waals surface area contributed by atoms with Crippen LogP contribution in [0.5, 0.6) is 0 Å². The van der Waals surface area contributed by atoms with E-state index in [1.807, 2.05) is 18.1 Å². The molecule has 0 radical (unpaired) electrons. The molecule has 1 aliphatic carbocycles. The molecule has 0 atom stereocenters. The summed E-state index contributed by atoms with van der Waals surface area (Å²) < 4.78 is 0. The van der Waals surface area contributed by atoms with Crippen LogP contribution in [-0.2, 0) is 0 Å². The zero-order valence-electron chi connectivity index (χ0n) is 13.2. The monoisotopic (exact) mass is 279 g/mol. The van der Waals surface area contributed by atoms with Crippen LogP contribution in [0.3, 0.4) is 0 Å². The predicted octanol–water partition coefficient (Wildman–Crippen LogP) is 2.82. The smallest absolute Gasteiger partial charge is 0.321 e. The normalized spacial score (nSPS) is 23.1. The van der Waals surface area contributed by atoms with Gasteiger partial charge in [-0.25, -0.2) is 4.79 Å². The van der Waals surface area contributed by atoms with Gasteiger partial charge in [0.2, 0.25) is 0 Å². The highest BCUT2D eigenvalue weighted by Gasteiger charge is 2.23. The summed E-state index contributed by atoms with van der Waals surface area (Å²) in [6.45, 7) is 4.31. The second-order valence-electron chi connectivity index (χ2n) is 6.46. The number of piperidine rings is 1. The highest BCUT2D eigenvalue weighted by molar-refractivity contribution is 5.75. The fraction of sp³-hybridized carbons (Fsp3) is 0.812. The summed E-state index contributed by atoms with van der Waals surface area (Å²) in [7, 11) is 4.06. The summed E-state index contributed by atoms with van der Waals surface area (Å²) in [5.74, 6) is 0.684. The summed E-state index contributed by atoms with van der Waals surface area (Å²) in [5, 5.41) is 2.98. The van der Waals surface area contributed by atoms with Crippen molar-refractivity contribution in [3.63, 3.8) is 0 Å². The number of nitrogens with one attached hydrogen (secondary N) is 1. The molecular weight excluding hydrogens is 250 g/mol. The maximum absolute atomic E-state index is 12.2. The Labute approximate surface area is 123 Å². The summed E-state index contributed by atoms with van der Waals surface area (Å²) >= 11 is 0. The SMILES string of the molecule is C/C(=C\NC(=O)N(C)C1CCN(C)CC1)C1CCCC1. The quantitative estimate of drug-likeness (QED) is 0.862. The number of carbonyl (C=O) groups excluding carboxylic acids is 1. The van der Waals surface area contributed by atoms with Crippen LogP contribution in [-0.4, -0.2) is 49.1 Å². The average molecular weight is 279 g/mol. The number of allylic oxidation sites excluding steroid dienone is 1. The van der Waals surface area contributed by atoms with Crippen LogP contribution in [0, 0.1) is 5.92 Å². The van der Waals surface area contributed by atoms with E-state index < -0.39 is 0 Å². The Balaban J connectivity index is 1.80. The van der Waals surface area contributed by atoms with Gasteiger partial charge >= 0.3 is 6.03 Å². The lowest BCUT2D eigenvalue weighted by Gasteiger charge is -2.34. The first kappa shape index (κ1) is 15.4. The molecule has 0 aromatic heterocycles. The van der Waals surface area contributed by atoms with Gasteiger partial charge in [-0.2, -0.15) is 0 Å². The highest BCUT2D eigenvalue weighted by Crippen LogP contribution is 2.30. The summed E-state index contributed by atoms with van der Waals surface area (Å²) in [6, 6.07) is 0.420. The molecule has 2 aliphatic rings. The third kappa shape index (κ3) is 3.98. The number of urea groups is 1. The van der Waals surface area contributed by atoms with Crippen molar-refractivity contribution >= 4 is 6.03 Å². The van der Waals surface area contributed by atoms with Crippen LogP contribution in [0.25, 0.3) is 0 Å². The predicted molar refractivity (Wildman–Crippen MR) is 82.5 cm³/mol. The molecule has 114 valence electrons. The molecule has 2 amide bonds. The molecule has 2 rings (SSSR count). The van der Waals surface area contributed by atoms with E-state index in [2.05, 4.69) is 24.2 Å². The van der Waals surface area contributed by atoms with Crippen molar-refractivity contribution in [3.05, 3.63) is 11.8 Å². The van der Waals surface area contributed by atoms with Crippen LogP contribution in [0.1, 0.15) is 45.4 Å². The first-order valence-corrected chi connectivity index (χ1v) is 7.96. The molecule has 0 unspecified atom stereocenters. The Morgan fingerprint density at radius 1 is 1.20 bits per heavy atom. The van der Waals surface area contributed by atoms with E-state index in [-0.39, 0.29) is 6.03 Å². The molecule has 0 aromatic carbocycles. The van der Waals surface area contributed by atoms with Crippen LogP contribution >= 0.6 is 0 Å². The van der Waals surface area contributed by atoms with Gasteiger partial charge in [-0.05, 0) is 58.7 Å². The second-order valence-corrected chi connectivity index (χ2v) is 6.46. The van der Waals surface area contributed by atoms with Crippen molar-refractivity contribution in [2.24, 2.45) is 5.92 Å². The van der Waals surface area contributed by atoms with Crippen molar-refractivity contribution < 1.29 is 4.79 Å². The van der Waals surface area contributed by atoms with Crippen LogP contribution in [0.15, 0.2) is 11.8 Å². The van der Waals surface area contributed by atoms with Gasteiger partial charge in [-0.15, -0.1) is 0 Å². The molecule has 1 N–H and O–H groups in total. The van der Waals surface area contributed by atoms with Crippen molar-refractivity contribution in [2.45, 2.75) is 51.5 Å². The zero-order chi connectivity index (χ0) is 14.5. The maximum Gasteiger partial charge on any atom is 0.321 e. The fourth-order valence-electron chi connectivity index (χ4n) is 3.32. The molecule has 0 spiro atoms. The summed E-state index contributed by atoms with van der Waals surface area (Å²) in [5.41, 5.74) is 1.33. The van der Waals surface area contributed by atoms with Gasteiger partial charge in [0, 0.05) is 19.3 Å². The Morgan fingerprint density at radius 3 is 2.40 bits per heavy atom. The van der Waals surface area contributed by atoms with Gasteiger partial charge in [-0.1, -0.05) is 18.4 Å². The lowest BCUT2D eigenvalue weighted by Crippen LogP contribution is -2.47. The van der Waals surface area contributed by atoms with E-state index in [1.165, 1.54) is 31.3 Å². The third-order valence-corrected chi connectivity index (χ3v) is 4.98. The number of carbonyl (C=O) groups is 1. The molecule has 4 nitrogen and oxygen atoms in total. The minimum absolute atomic E-state index is 0.0388. The lowest BCUT2D eigenvalue weighted by atomic mass is 10.0. The molecule has 4 heteroatoms. The van der Waals surface area contributed by atoms with Gasteiger partial charge in [0.15, 0.2) is 0 Å². The number of rotatable bonds is 3. The molecule has 1 saturated heterocycles. The molecule has 1 heterocycles. The van der Waals surface area contributed by atoms with Crippen molar-refractivity contribution in [2.75, 3.05) is 27.2 Å². The van der Waals surface area contributed by atoms with E-state index >= 15 is 0 Å². The van der Waals surface area contributed by atoms with Crippen LogP contribution < -0.4 is 5.32 Å². The Hall–Kier alpha value is -1.03. The zero-order valence-corrected chi connectivity index (χ0v) is 13.2. The third-order valence-electron chi connectivity index (χ3n) is 4.98. The summed E-state index contributed by atoms with van der Waals surface area (Å²) in [4.78, 5) is 16.4. The average Bonchev–Trinajstić information content (AvgIpc) is 2.98. The first-order chi connectivity index (χ1) is 9.58. The topological polar surface area (TPSA) is 35.6 Å². The highest BCUT2D eigenvalue weighted by atomic mass is 16.2. The second kappa shape index (κ2) is 7.11. The summed E-state index contributed by atoms with van der Waals surface area (Å²) in [6.07, 6.45) is 9.31. The standard InChI is InChI=1S/C16H29N3O/c1-13(14-6-4-5-7-14)12-17-16(20)19(3)15-8-10-18(2)11-9-15/h12,14-15H,4-11H2,1-3H3,(H,17,20)/b13-12+. The molecular formula is C16H29N3O. The van der Waals surface area contributed by atoms with E-state index in [4.69, 9.17) is 0 Å². The molecule has 20 heavy (non-hydrogen) atoms. The van der Waals surface area contributed by atoms with Gasteiger partial charge in [0.25, 0.3) is 0 Å². The number of hydrogen-bond acceptors (Lipinski definition) is 2. The molecule has 1 saturated carbocycles. The van der Waals surface area contributed by atoms with E-state index in [1.54, 1.807) is 0 Å². The van der Waals surface area contributed by atoms with E-state index in [0.717, 1.165) is 25.9 Å². The van der Waals surface area contributed by atoms with Gasteiger partial charge in [0.1, 0.15) is 0 Å². The number of hydrogen-bond donors (Lipinski definition) is 1. The van der Waals surface area contributed by atoms with Gasteiger partial charge in [0.05, 0.1) is 0 Å². The Kier molecular flexibility index (Phi) is 5.46. The fourth-order valence-corrected chi connectivity index (χ4v) is 3.32. The molecule has 1 aliphatic heterocycles. The number of amides is 2. The van der Waals surface area contributed by atoms with E-state index in [9.17, 15) is 4.79 Å². The minimum Gasteiger partial charge on any atom is -0.325 e. The molecule has 0 aromatic rings. The van der Waals surface area contributed by atoms with Crippen LogP contribution in [0.2, 0.25) is 0 Å². The molecule has 2 fully saturated rings. The Morgan fingerprint density at radius 2 is 1.80 bits per heavy atom. The van der Waals surface area contributed by atoms with Crippen molar-refractivity contribution in [3.8, 4) is 0 Å². The molecule has 0 bridgehead atoms. The van der Waals surface area contributed by atoms with E-state index in [0.29, 0.717) is 12.0 Å². The van der Waals surface area contributed by atoms with Crippen LogP contribution in [0.4, 0.5) is 4.79 Å². The lowest BCUT2D eigenvalue weighted by molar-refractivity contribution is 0.150. The van der Waals surface area contributed by atoms with Crippen molar-refractivity contribution in [1.29, 1.82) is 0 Å². The Bertz CT molecular complexity index is 353. The minimum atomic E-state index is 0.0388. The number of likely N-dealkylation sites (tertiary alicyclic amines) is 1. The number of nitrogens with zero attached hydrogens (tertiary/aromatic N) is 2. The van der Waals surface area contributed by atoms with Gasteiger partial charge < -0.3 is 15.1 Å².